The van der Waals surface area contributed by atoms with E-state index in [-0.39, 0.29) is 18.0 Å². The van der Waals surface area contributed by atoms with Gasteiger partial charge in [0.2, 0.25) is 5.91 Å². The zero-order valence-corrected chi connectivity index (χ0v) is 15.6. The monoisotopic (exact) mass is 347 g/mol. The van der Waals surface area contributed by atoms with Crippen LogP contribution in [0.25, 0.3) is 0 Å². The van der Waals surface area contributed by atoms with Crippen molar-refractivity contribution in [1.82, 2.24) is 10.2 Å². The van der Waals surface area contributed by atoms with Crippen LogP contribution in [0, 0.1) is 0 Å². The molecule has 1 aromatic carbocycles. The van der Waals surface area contributed by atoms with E-state index >= 15 is 0 Å². The Morgan fingerprint density at radius 3 is 2.32 bits per heavy atom. The highest BCUT2D eigenvalue weighted by Crippen LogP contribution is 2.20. The predicted octanol–water partition coefficient (Wildman–Crippen LogP) is 3.13. The van der Waals surface area contributed by atoms with Crippen molar-refractivity contribution >= 4 is 17.7 Å². The number of nitrogens with one attached hydrogen (secondary N) is 2. The summed E-state index contributed by atoms with van der Waals surface area (Å²) in [6, 6.07) is 7.75. The van der Waals surface area contributed by atoms with E-state index < -0.39 is 5.60 Å². The fourth-order valence-corrected chi connectivity index (χ4v) is 2.88. The molecule has 1 heterocycles. The van der Waals surface area contributed by atoms with Crippen molar-refractivity contribution < 1.29 is 14.3 Å². The molecule has 0 unspecified atom stereocenters. The van der Waals surface area contributed by atoms with Gasteiger partial charge in [0.05, 0.1) is 0 Å². The first kappa shape index (κ1) is 19.2. The number of carbonyl (C=O) groups is 2. The molecule has 25 heavy (non-hydrogen) atoms. The normalized spacial score (nSPS) is 15.5. The summed E-state index contributed by atoms with van der Waals surface area (Å²) in [5.41, 5.74) is 1.25. The van der Waals surface area contributed by atoms with Gasteiger partial charge in [0.15, 0.2) is 0 Å². The lowest BCUT2D eigenvalue weighted by Crippen LogP contribution is -2.47. The number of rotatable bonds is 4. The number of piperidine rings is 1. The Hall–Kier alpha value is -2.08. The van der Waals surface area contributed by atoms with Gasteiger partial charge in [-0.2, -0.15) is 0 Å². The van der Waals surface area contributed by atoms with Crippen LogP contribution < -0.4 is 10.6 Å². The minimum Gasteiger partial charge on any atom is -0.444 e. The molecule has 0 saturated carbocycles. The summed E-state index contributed by atoms with van der Waals surface area (Å²) in [7, 11) is 0. The van der Waals surface area contributed by atoms with Gasteiger partial charge in [-0.15, -0.1) is 0 Å². The molecule has 2 amide bonds. The van der Waals surface area contributed by atoms with Crippen LogP contribution >= 0.6 is 0 Å². The van der Waals surface area contributed by atoms with Gasteiger partial charge in [0, 0.05) is 25.2 Å². The fourth-order valence-electron chi connectivity index (χ4n) is 2.88. The third-order valence-electron chi connectivity index (χ3n) is 4.00. The summed E-state index contributed by atoms with van der Waals surface area (Å²) in [6.45, 7) is 9.45. The van der Waals surface area contributed by atoms with Crippen molar-refractivity contribution in [2.24, 2.45) is 0 Å². The molecular weight excluding hydrogens is 318 g/mol. The molecule has 1 aliphatic heterocycles. The van der Waals surface area contributed by atoms with Crippen LogP contribution in [-0.2, 0) is 16.1 Å². The Bertz CT molecular complexity index is 587. The molecule has 0 radical (unpaired) electrons. The molecule has 2 rings (SSSR count). The van der Waals surface area contributed by atoms with Crippen molar-refractivity contribution in [2.45, 2.75) is 58.7 Å². The Labute approximate surface area is 149 Å². The molecule has 2 N–H and O–H groups in total. The molecule has 0 aromatic heterocycles. The summed E-state index contributed by atoms with van der Waals surface area (Å²) < 4.78 is 5.61. The summed E-state index contributed by atoms with van der Waals surface area (Å²) in [5, 5.41) is 6.08. The number of anilines is 1. The molecule has 138 valence electrons. The summed E-state index contributed by atoms with van der Waals surface area (Å²) in [6.07, 6.45) is 1.57. The molecule has 1 aliphatic rings. The lowest BCUT2D eigenvalue weighted by atomic mass is 10.0. The summed E-state index contributed by atoms with van der Waals surface area (Å²) in [4.78, 5) is 25.7. The maximum atomic E-state index is 12.7. The second-order valence-corrected chi connectivity index (χ2v) is 7.47. The van der Waals surface area contributed by atoms with Crippen molar-refractivity contribution in [3.8, 4) is 0 Å². The number of hydrogen-bond donors (Lipinski definition) is 2. The Balaban J connectivity index is 2.11. The van der Waals surface area contributed by atoms with Crippen molar-refractivity contribution in [3.05, 3.63) is 29.8 Å². The van der Waals surface area contributed by atoms with Gasteiger partial charge >= 0.3 is 6.09 Å². The molecule has 1 aromatic rings. The van der Waals surface area contributed by atoms with E-state index in [0.29, 0.717) is 6.54 Å². The molecule has 1 fully saturated rings. The minimum atomic E-state index is -0.516. The van der Waals surface area contributed by atoms with Gasteiger partial charge in [-0.05, 0) is 64.4 Å². The van der Waals surface area contributed by atoms with Crippen LogP contribution in [0.15, 0.2) is 24.3 Å². The smallest absolute Gasteiger partial charge is 0.410 e. The number of benzene rings is 1. The first-order valence-electron chi connectivity index (χ1n) is 8.81. The van der Waals surface area contributed by atoms with Crippen LogP contribution in [0.1, 0.15) is 46.1 Å². The lowest BCUT2D eigenvalue weighted by molar-refractivity contribution is -0.114. The van der Waals surface area contributed by atoms with Gasteiger partial charge < -0.3 is 20.3 Å². The largest absolute Gasteiger partial charge is 0.444 e. The number of nitrogens with zero attached hydrogens (tertiary/aromatic N) is 1. The van der Waals surface area contributed by atoms with Crippen LogP contribution in [0.5, 0.6) is 0 Å². The molecule has 1 saturated heterocycles. The van der Waals surface area contributed by atoms with E-state index in [1.54, 1.807) is 0 Å². The zero-order valence-electron chi connectivity index (χ0n) is 15.6. The van der Waals surface area contributed by atoms with Crippen LogP contribution in [-0.4, -0.2) is 41.6 Å². The molecule has 6 heteroatoms. The number of hydrogen-bond acceptors (Lipinski definition) is 4. The number of carbonyl (C=O) groups excluding carboxylic acids is 2. The quantitative estimate of drug-likeness (QED) is 0.878. The van der Waals surface area contributed by atoms with Crippen LogP contribution in [0.4, 0.5) is 10.5 Å². The maximum Gasteiger partial charge on any atom is 0.410 e. The van der Waals surface area contributed by atoms with E-state index in [1.807, 2.05) is 49.9 Å². The van der Waals surface area contributed by atoms with E-state index in [1.165, 1.54) is 6.92 Å². The zero-order chi connectivity index (χ0) is 18.4. The van der Waals surface area contributed by atoms with E-state index in [9.17, 15) is 9.59 Å². The van der Waals surface area contributed by atoms with E-state index in [0.717, 1.165) is 37.2 Å². The molecule has 0 bridgehead atoms. The molecule has 0 aliphatic carbocycles. The standard InChI is InChI=1S/C19H29N3O3/c1-14(23)21-16-7-5-15(6-8-16)13-22(17-9-11-20-12-10-17)18(24)25-19(2,3)4/h5-8,17,20H,9-13H2,1-4H3,(H,21,23). The maximum absolute atomic E-state index is 12.7. The van der Waals surface area contributed by atoms with Gasteiger partial charge in [0.1, 0.15) is 5.60 Å². The van der Waals surface area contributed by atoms with Gasteiger partial charge in [-0.25, -0.2) is 4.79 Å². The van der Waals surface area contributed by atoms with Gasteiger partial charge in [-0.1, -0.05) is 12.1 Å². The topological polar surface area (TPSA) is 70.7 Å². The lowest BCUT2D eigenvalue weighted by Gasteiger charge is -2.36. The first-order valence-corrected chi connectivity index (χ1v) is 8.81. The van der Waals surface area contributed by atoms with Crippen molar-refractivity contribution in [1.29, 1.82) is 0 Å². The van der Waals surface area contributed by atoms with Crippen molar-refractivity contribution in [2.75, 3.05) is 18.4 Å². The second-order valence-electron chi connectivity index (χ2n) is 7.47. The van der Waals surface area contributed by atoms with Gasteiger partial charge in [0.25, 0.3) is 0 Å². The number of ether oxygens (including phenoxy) is 1. The molecule has 6 nitrogen and oxygen atoms in total. The van der Waals surface area contributed by atoms with Crippen LogP contribution in [0.3, 0.4) is 0 Å². The van der Waals surface area contributed by atoms with Crippen LogP contribution in [0.2, 0.25) is 0 Å². The second kappa shape index (κ2) is 8.34. The highest BCUT2D eigenvalue weighted by Gasteiger charge is 2.29. The molecule has 0 spiro atoms. The predicted molar refractivity (Wildman–Crippen MR) is 98.4 cm³/mol. The SMILES string of the molecule is CC(=O)Nc1ccc(CN(C(=O)OC(C)(C)C)C2CCNCC2)cc1. The van der Waals surface area contributed by atoms with Gasteiger partial charge in [-0.3, -0.25) is 4.79 Å². The van der Waals surface area contributed by atoms with E-state index in [2.05, 4.69) is 10.6 Å². The Morgan fingerprint density at radius 2 is 1.80 bits per heavy atom. The highest BCUT2D eigenvalue weighted by molar-refractivity contribution is 5.88. The first-order chi connectivity index (χ1) is 11.7. The fraction of sp³-hybridized carbons (Fsp3) is 0.579. The average molecular weight is 347 g/mol. The third kappa shape index (κ3) is 6.38. The molecule has 0 atom stereocenters. The van der Waals surface area contributed by atoms with Crippen molar-refractivity contribution in [3.63, 3.8) is 0 Å². The Morgan fingerprint density at radius 1 is 1.20 bits per heavy atom. The minimum absolute atomic E-state index is 0.0992. The Kier molecular flexibility index (Phi) is 6.42. The highest BCUT2D eigenvalue weighted by atomic mass is 16.6. The third-order valence-corrected chi connectivity index (χ3v) is 4.00. The van der Waals surface area contributed by atoms with E-state index in [4.69, 9.17) is 4.74 Å². The molecular formula is C19H29N3O3. The average Bonchev–Trinajstić information content (AvgIpc) is 2.52. The summed E-state index contributed by atoms with van der Waals surface area (Å²) in [5.74, 6) is -0.0992. The number of amides is 2. The summed E-state index contributed by atoms with van der Waals surface area (Å²) >= 11 is 0.